The van der Waals surface area contributed by atoms with Crippen LogP contribution in [0, 0.1) is 6.92 Å². The van der Waals surface area contributed by atoms with Crippen LogP contribution in [0.4, 0.5) is 26.3 Å². The minimum Gasteiger partial charge on any atom is -0.482 e. The number of hydrogen-bond acceptors (Lipinski definition) is 5. The molecule has 0 radical (unpaired) electrons. The molecule has 0 fully saturated rings. The molecule has 12 heteroatoms. The Kier molecular flexibility index (Phi) is 11.9. The molecule has 0 aliphatic heterocycles. The van der Waals surface area contributed by atoms with Gasteiger partial charge in [0, 0.05) is 10.6 Å². The topological polar surface area (TPSA) is 65.0 Å². The van der Waals surface area contributed by atoms with Crippen molar-refractivity contribution in [1.82, 2.24) is 0 Å². The summed E-state index contributed by atoms with van der Waals surface area (Å²) < 4.78 is 89.2. The lowest BCUT2D eigenvalue weighted by atomic mass is 9.90. The molecule has 5 aromatic carbocycles. The minimum absolute atomic E-state index is 0.310. The molecule has 270 valence electrons. The van der Waals surface area contributed by atoms with Gasteiger partial charge in [-0.15, -0.1) is 38.1 Å². The lowest BCUT2D eigenvalue weighted by Crippen LogP contribution is -2.16. The summed E-state index contributed by atoms with van der Waals surface area (Å²) in [6.45, 7) is 3.47. The van der Waals surface area contributed by atoms with E-state index >= 15 is 0 Å². The summed E-state index contributed by atoms with van der Waals surface area (Å²) in [5.41, 5.74) is 7.73. The Bertz CT molecular complexity index is 1900. The van der Waals surface area contributed by atoms with Gasteiger partial charge in [0.1, 0.15) is 17.2 Å². The van der Waals surface area contributed by atoms with Crippen molar-refractivity contribution in [3.8, 4) is 39.5 Å². The number of halogens is 6. The number of carboxylic acids is 1. The number of hydrogen-bond donors (Lipinski definition) is 1. The number of ether oxygens (including phenoxy) is 3. The number of aryl methyl sites for hydroxylation is 1. The Labute approximate surface area is 300 Å². The monoisotopic (exact) mass is 738 g/mol. The summed E-state index contributed by atoms with van der Waals surface area (Å²) in [5, 5.41) is 8.95. The van der Waals surface area contributed by atoms with Gasteiger partial charge < -0.3 is 19.3 Å². The van der Waals surface area contributed by atoms with Crippen LogP contribution in [0.2, 0.25) is 0 Å². The van der Waals surface area contributed by atoms with Crippen molar-refractivity contribution in [2.24, 2.45) is 0 Å². The van der Waals surface area contributed by atoms with Crippen LogP contribution >= 0.6 is 11.8 Å². The molecule has 1 N–H and O–H groups in total. The first kappa shape index (κ1) is 37.9. The summed E-state index contributed by atoms with van der Waals surface area (Å²) in [5.74, 6) is -0.578. The Morgan fingerprint density at radius 1 is 0.654 bits per heavy atom. The molecule has 0 heterocycles. The van der Waals surface area contributed by atoms with E-state index in [2.05, 4.69) is 16.4 Å². The number of rotatable bonds is 13. The van der Waals surface area contributed by atoms with Gasteiger partial charge in [0.15, 0.2) is 6.61 Å². The van der Waals surface area contributed by atoms with E-state index in [1.165, 1.54) is 24.3 Å². The Morgan fingerprint density at radius 3 is 1.44 bits per heavy atom. The van der Waals surface area contributed by atoms with Crippen molar-refractivity contribution in [2.45, 2.75) is 37.9 Å². The van der Waals surface area contributed by atoms with Crippen molar-refractivity contribution < 1.29 is 50.5 Å². The predicted molar refractivity (Wildman–Crippen MR) is 188 cm³/mol. The van der Waals surface area contributed by atoms with Gasteiger partial charge in [-0.1, -0.05) is 85.3 Å². The Hall–Kier alpha value is -5.36. The van der Waals surface area contributed by atoms with Crippen molar-refractivity contribution >= 4 is 23.3 Å². The smallest absolute Gasteiger partial charge is 0.482 e. The van der Waals surface area contributed by atoms with Crippen LogP contribution < -0.4 is 14.2 Å². The fourth-order valence-corrected chi connectivity index (χ4v) is 6.58. The highest BCUT2D eigenvalue weighted by molar-refractivity contribution is 7.99. The largest absolute Gasteiger partial charge is 0.573 e. The molecule has 5 aromatic rings. The van der Waals surface area contributed by atoms with Gasteiger partial charge in [0.05, 0.1) is 0 Å². The average Bonchev–Trinajstić information content (AvgIpc) is 3.09. The highest BCUT2D eigenvalue weighted by atomic mass is 32.2. The third kappa shape index (κ3) is 10.6. The first-order valence-corrected chi connectivity index (χ1v) is 16.9. The molecule has 0 spiro atoms. The number of carbonyl (C=O) groups is 1. The van der Waals surface area contributed by atoms with E-state index in [1.54, 1.807) is 42.1 Å². The zero-order valence-corrected chi connectivity index (χ0v) is 28.7. The molecule has 0 aliphatic rings. The normalized spacial score (nSPS) is 11.5. The number of aliphatic carboxylic acids is 1. The van der Waals surface area contributed by atoms with E-state index < -0.39 is 25.3 Å². The first-order chi connectivity index (χ1) is 24.7. The number of alkyl halides is 6. The van der Waals surface area contributed by atoms with Gasteiger partial charge in [0.2, 0.25) is 0 Å². The van der Waals surface area contributed by atoms with Crippen molar-refractivity contribution in [3.05, 3.63) is 138 Å². The SMILES string of the molecule is CCC(CSc1ccc(OCC(=O)O)c(C)c1)=C(c1ccc(-c2ccc(OC(F)(F)F)cc2)cc1)c1ccc(-c2ccc(OC(F)(F)F)cc2)cc1. The van der Waals surface area contributed by atoms with Crippen LogP contribution in [0.15, 0.2) is 126 Å². The molecule has 0 amide bonds. The van der Waals surface area contributed by atoms with E-state index in [0.29, 0.717) is 29.1 Å². The molecule has 0 aliphatic carbocycles. The number of carboxylic acid groups (broad SMARTS) is 1. The summed E-state index contributed by atoms with van der Waals surface area (Å²) in [7, 11) is 0. The molecular formula is C40H32F6O5S. The molecule has 0 bridgehead atoms. The van der Waals surface area contributed by atoms with E-state index in [1.807, 2.05) is 67.6 Å². The van der Waals surface area contributed by atoms with Gasteiger partial charge in [-0.2, -0.15) is 0 Å². The number of thioether (sulfide) groups is 1. The highest BCUT2D eigenvalue weighted by Gasteiger charge is 2.31. The Balaban J connectivity index is 1.45. The maximum Gasteiger partial charge on any atom is 0.573 e. The number of benzene rings is 5. The van der Waals surface area contributed by atoms with Crippen LogP contribution in [0.25, 0.3) is 27.8 Å². The van der Waals surface area contributed by atoms with E-state index in [9.17, 15) is 31.1 Å². The summed E-state index contributed by atoms with van der Waals surface area (Å²) >= 11 is 1.61. The standard InChI is InChI=1S/C40H32F6O5S/c1-3-26(24-52-35-20-21-36(25(2)22-35)49-23-37(47)48)38(31-8-4-27(5-9-31)29-12-16-33(17-13-29)50-39(41,42)43)32-10-6-28(7-11-32)30-14-18-34(19-15-30)51-40(44,45)46/h4-22H,3,23-24H2,1-2H3,(H,47,48). The van der Waals surface area contributed by atoms with E-state index in [4.69, 9.17) is 9.84 Å². The summed E-state index contributed by atoms with van der Waals surface area (Å²) in [6, 6.07) is 32.3. The molecule has 0 unspecified atom stereocenters. The quantitative estimate of drug-likeness (QED) is 0.0958. The fourth-order valence-electron chi connectivity index (χ4n) is 5.47. The van der Waals surface area contributed by atoms with Crippen molar-refractivity contribution in [3.63, 3.8) is 0 Å². The van der Waals surface area contributed by atoms with Crippen LogP contribution in [0.3, 0.4) is 0 Å². The molecule has 52 heavy (non-hydrogen) atoms. The molecule has 0 saturated carbocycles. The molecule has 0 saturated heterocycles. The predicted octanol–water partition coefficient (Wildman–Crippen LogP) is 11.6. The van der Waals surface area contributed by atoms with Crippen LogP contribution in [0.5, 0.6) is 17.2 Å². The van der Waals surface area contributed by atoms with Gasteiger partial charge in [-0.05, 0) is 100 Å². The lowest BCUT2D eigenvalue weighted by molar-refractivity contribution is -0.275. The third-order valence-electron chi connectivity index (χ3n) is 7.88. The van der Waals surface area contributed by atoms with E-state index in [-0.39, 0.29) is 11.5 Å². The van der Waals surface area contributed by atoms with Gasteiger partial charge >= 0.3 is 18.7 Å². The maximum atomic E-state index is 12.6. The van der Waals surface area contributed by atoms with Crippen LogP contribution in [-0.2, 0) is 4.79 Å². The van der Waals surface area contributed by atoms with Gasteiger partial charge in [-0.25, -0.2) is 4.79 Å². The average molecular weight is 739 g/mol. The zero-order valence-electron chi connectivity index (χ0n) is 27.8. The van der Waals surface area contributed by atoms with Crippen LogP contribution in [-0.4, -0.2) is 36.2 Å². The second-order valence-corrected chi connectivity index (χ2v) is 12.6. The molecular weight excluding hydrogens is 706 g/mol. The second-order valence-electron chi connectivity index (χ2n) is 11.5. The zero-order chi connectivity index (χ0) is 37.5. The Morgan fingerprint density at radius 2 is 1.08 bits per heavy atom. The van der Waals surface area contributed by atoms with Gasteiger partial charge in [-0.3, -0.25) is 0 Å². The first-order valence-electron chi connectivity index (χ1n) is 15.9. The lowest BCUT2D eigenvalue weighted by Gasteiger charge is -2.17. The highest BCUT2D eigenvalue weighted by Crippen LogP contribution is 2.36. The van der Waals surface area contributed by atoms with Gasteiger partial charge in [0.25, 0.3) is 0 Å². The molecule has 0 atom stereocenters. The summed E-state index contributed by atoms with van der Waals surface area (Å²) in [4.78, 5) is 11.9. The molecule has 5 nitrogen and oxygen atoms in total. The summed E-state index contributed by atoms with van der Waals surface area (Å²) in [6.07, 6.45) is -8.87. The van der Waals surface area contributed by atoms with Crippen LogP contribution in [0.1, 0.15) is 30.0 Å². The molecule has 0 aromatic heterocycles. The molecule has 5 rings (SSSR count). The third-order valence-corrected chi connectivity index (χ3v) is 8.96. The van der Waals surface area contributed by atoms with Crippen molar-refractivity contribution in [2.75, 3.05) is 12.4 Å². The van der Waals surface area contributed by atoms with Crippen molar-refractivity contribution in [1.29, 1.82) is 0 Å². The second kappa shape index (κ2) is 16.3. The minimum atomic E-state index is -4.78. The fraction of sp³-hybridized carbons (Fsp3) is 0.175. The maximum absolute atomic E-state index is 12.6. The van der Waals surface area contributed by atoms with E-state index in [0.717, 1.165) is 43.9 Å².